The van der Waals surface area contributed by atoms with E-state index in [0.29, 0.717) is 0 Å². The molecule has 1 fully saturated rings. The summed E-state index contributed by atoms with van der Waals surface area (Å²) in [5, 5.41) is 0. The van der Waals surface area contributed by atoms with Gasteiger partial charge in [-0.2, -0.15) is 0 Å². The van der Waals surface area contributed by atoms with Crippen LogP contribution in [0.5, 0.6) is 0 Å². The number of aromatic nitrogens is 4. The first-order chi connectivity index (χ1) is 41.9. The molecule has 2 unspecified atom stereocenters. The van der Waals surface area contributed by atoms with Crippen LogP contribution >= 0.6 is 47.8 Å². The molecule has 11 aromatic rings. The van der Waals surface area contributed by atoms with Crippen molar-refractivity contribution in [2.75, 3.05) is 0 Å². The number of imidazole rings is 1. The van der Waals surface area contributed by atoms with Crippen LogP contribution in [0.1, 0.15) is 159 Å². The maximum absolute atomic E-state index is 5.23. The van der Waals surface area contributed by atoms with Gasteiger partial charge in [0.1, 0.15) is 0 Å². The third-order valence-corrected chi connectivity index (χ3v) is 20.0. The van der Waals surface area contributed by atoms with Crippen molar-refractivity contribution in [2.24, 2.45) is 0 Å². The topological polar surface area (TPSA) is 43.6 Å². The summed E-state index contributed by atoms with van der Waals surface area (Å²) >= 11 is 12.5. The minimum atomic E-state index is -0.0828. The SMILES string of the molecule is CC(C)(C)c1ccnc(-c2[c-]cc(-c3cc(C(C)(C)C)ccc3C3CC(c4ccccc4-c4c[c-]c(-c5nc6ccccc6n5-c5ccccc5)cc4Br)CC(c4ccc(C(C)(C)C)cc4-c4c[c-]c(-c5cc(C(C)(C)C)ccn5)cc4Br)C3)c(Br)c2)c1.[Ir+3]. The number of benzene rings is 8. The monoisotopic (exact) mass is 1530 g/mol. The summed E-state index contributed by atoms with van der Waals surface area (Å²) < 4.78 is 5.30. The number of pyridine rings is 2. The first-order valence-corrected chi connectivity index (χ1v) is 33.2. The second kappa shape index (κ2) is 25.4. The van der Waals surface area contributed by atoms with Gasteiger partial charge in [0.25, 0.3) is 0 Å². The number of fused-ring (bicyclic) bond motifs is 1. The molecule has 3 heterocycles. The Morgan fingerprint density at radius 1 is 0.393 bits per heavy atom. The molecule has 1 aliphatic rings. The van der Waals surface area contributed by atoms with Gasteiger partial charge in [0, 0.05) is 18.1 Å². The van der Waals surface area contributed by atoms with Crippen LogP contribution in [0.25, 0.3) is 84.0 Å². The maximum Gasteiger partial charge on any atom is 3.00 e. The number of hydrogen-bond donors (Lipinski definition) is 0. The van der Waals surface area contributed by atoms with E-state index in [0.717, 1.165) is 100.0 Å². The van der Waals surface area contributed by atoms with Crippen molar-refractivity contribution < 1.29 is 20.1 Å². The van der Waals surface area contributed by atoms with E-state index in [4.69, 9.17) is 15.0 Å². The van der Waals surface area contributed by atoms with E-state index in [1.54, 1.807) is 0 Å². The van der Waals surface area contributed by atoms with Gasteiger partial charge in [-0.3, -0.25) is 4.98 Å². The summed E-state index contributed by atoms with van der Waals surface area (Å²) in [5.74, 6) is 1.38. The first-order valence-electron chi connectivity index (χ1n) is 30.9. The van der Waals surface area contributed by atoms with Gasteiger partial charge in [-0.1, -0.05) is 281 Å². The average molecular weight is 1540 g/mol. The number of hydrogen-bond acceptors (Lipinski definition) is 3. The van der Waals surface area contributed by atoms with Crippen molar-refractivity contribution in [2.45, 2.75) is 142 Å². The Morgan fingerprint density at radius 2 is 0.787 bits per heavy atom. The molecule has 1 saturated carbocycles. The molecule has 450 valence electrons. The molecule has 0 aliphatic heterocycles. The summed E-state index contributed by atoms with van der Waals surface area (Å²) in [7, 11) is 0. The standard InChI is InChI=1S/C81H76Br3N4.Ir/c1-78(2,3)56-29-34-62(68(46-56)66-31-26-50(43-70(66)82)74-48-58(36-38-85-74)80(7,8)9)54-40-53(61-22-16-17-23-64(61)65-33-28-52(45-72(65)84)77-87-73-24-18-19-25-76(73)88(77)60-20-14-13-15-21-60)41-55(42-54)63-35-30-57(79(4,5)6)47-69(63)67-32-27-51(44-71(67)83)75-49-59(37-39-86-75)81(10,11)12;/h13-25,29-39,43-49,53-55H,40-42H2,1-12H3;/q-3;+3. The third-order valence-electron chi connectivity index (χ3n) is 18.0. The Hall–Kier alpha value is -6.38. The molecule has 0 N–H and O–H groups in total. The van der Waals surface area contributed by atoms with Gasteiger partial charge in [0.05, 0.1) is 16.9 Å². The Balaban J connectivity index is 0.00000817. The molecular weight excluding hydrogens is 1460 g/mol. The van der Waals surface area contributed by atoms with Gasteiger partial charge < -0.3 is 14.5 Å². The summed E-state index contributed by atoms with van der Waals surface area (Å²) in [6.07, 6.45) is 6.74. The second-order valence-electron chi connectivity index (χ2n) is 28.3. The largest absolute Gasteiger partial charge is 3.00 e. The molecule has 0 saturated heterocycles. The van der Waals surface area contributed by atoms with Crippen molar-refractivity contribution in [1.82, 2.24) is 19.5 Å². The molecule has 8 aromatic carbocycles. The normalized spacial score (nSPS) is 15.7. The summed E-state index contributed by atoms with van der Waals surface area (Å²) in [4.78, 5) is 15.0. The van der Waals surface area contributed by atoms with E-state index in [1.807, 2.05) is 12.4 Å². The molecule has 0 spiro atoms. The second-order valence-corrected chi connectivity index (χ2v) is 30.8. The Labute approximate surface area is 567 Å². The summed E-state index contributed by atoms with van der Waals surface area (Å²) in [5.41, 5.74) is 23.7. The molecule has 0 amide bonds. The van der Waals surface area contributed by atoms with Gasteiger partial charge in [0.2, 0.25) is 0 Å². The maximum atomic E-state index is 5.23. The van der Waals surface area contributed by atoms with Gasteiger partial charge in [0.15, 0.2) is 0 Å². The first kappa shape index (κ1) is 64.2. The molecule has 0 radical (unpaired) electrons. The van der Waals surface area contributed by atoms with Crippen molar-refractivity contribution in [3.63, 3.8) is 0 Å². The van der Waals surface area contributed by atoms with Crippen LogP contribution in [0.4, 0.5) is 0 Å². The predicted molar refractivity (Wildman–Crippen MR) is 379 cm³/mol. The van der Waals surface area contributed by atoms with E-state index in [9.17, 15) is 0 Å². The fourth-order valence-electron chi connectivity index (χ4n) is 13.0. The van der Waals surface area contributed by atoms with Crippen molar-refractivity contribution >= 4 is 58.8 Å². The fraction of sp³-hybridized carbons (Fsp3) is 0.272. The van der Waals surface area contributed by atoms with Gasteiger partial charge in [-0.25, -0.2) is 0 Å². The number of nitrogens with zero attached hydrogens (tertiary/aromatic N) is 4. The molecule has 1 aliphatic carbocycles. The van der Waals surface area contributed by atoms with E-state index >= 15 is 0 Å². The molecule has 4 nitrogen and oxygen atoms in total. The Bertz CT molecular complexity index is 4240. The van der Waals surface area contributed by atoms with E-state index < -0.39 is 0 Å². The zero-order valence-electron chi connectivity index (χ0n) is 53.0. The third kappa shape index (κ3) is 13.4. The molecule has 3 aromatic heterocycles. The summed E-state index contributed by atoms with van der Waals surface area (Å²) in [6.45, 7) is 27.4. The molecule has 12 rings (SSSR count). The zero-order chi connectivity index (χ0) is 62.0. The number of halogens is 3. The van der Waals surface area contributed by atoms with Gasteiger partial charge in [-0.05, 0) is 145 Å². The van der Waals surface area contributed by atoms with Crippen molar-refractivity contribution in [1.29, 1.82) is 0 Å². The van der Waals surface area contributed by atoms with Gasteiger partial charge in [-0.15, -0.1) is 71.3 Å². The minimum absolute atomic E-state index is 0. The zero-order valence-corrected chi connectivity index (χ0v) is 60.2. The quantitative estimate of drug-likeness (QED) is 0.128. The van der Waals surface area contributed by atoms with Crippen LogP contribution in [0.2, 0.25) is 0 Å². The van der Waals surface area contributed by atoms with Crippen LogP contribution in [-0.2, 0) is 41.8 Å². The molecule has 2 atom stereocenters. The number of rotatable bonds is 10. The van der Waals surface area contributed by atoms with Crippen molar-refractivity contribution in [3.8, 4) is 73.0 Å². The Morgan fingerprint density at radius 3 is 1.26 bits per heavy atom. The van der Waals surface area contributed by atoms with Crippen LogP contribution in [0.3, 0.4) is 0 Å². The number of para-hydroxylation sites is 3. The fourth-order valence-corrected chi connectivity index (χ4v) is 14.6. The van der Waals surface area contributed by atoms with Crippen LogP contribution in [0.15, 0.2) is 202 Å². The molecule has 89 heavy (non-hydrogen) atoms. The summed E-state index contributed by atoms with van der Waals surface area (Å²) in [6, 6.07) is 75.8. The molecule has 0 bridgehead atoms. The van der Waals surface area contributed by atoms with Crippen LogP contribution < -0.4 is 0 Å². The molecular formula is C81H76Br3IrN4. The smallest absolute Gasteiger partial charge is 0.333 e. The predicted octanol–water partition coefficient (Wildman–Crippen LogP) is 23.5. The van der Waals surface area contributed by atoms with E-state index in [1.165, 1.54) is 55.6 Å². The Kier molecular flexibility index (Phi) is 18.3. The average Bonchev–Trinajstić information content (AvgIpc) is 2.46. The van der Waals surface area contributed by atoms with Crippen molar-refractivity contribution in [3.05, 3.63) is 259 Å². The minimum Gasteiger partial charge on any atom is -0.333 e. The van der Waals surface area contributed by atoms with E-state index in [-0.39, 0.29) is 59.5 Å². The van der Waals surface area contributed by atoms with Crippen LogP contribution in [-0.4, -0.2) is 19.5 Å². The van der Waals surface area contributed by atoms with Crippen LogP contribution in [0, 0.1) is 18.2 Å². The van der Waals surface area contributed by atoms with Gasteiger partial charge >= 0.3 is 20.1 Å². The van der Waals surface area contributed by atoms with E-state index in [2.05, 4.69) is 330 Å². The molecule has 8 heteroatoms.